The average molecular weight is 492 g/mol. The molecule has 0 saturated carbocycles. The highest BCUT2D eigenvalue weighted by molar-refractivity contribution is 6.32. The summed E-state index contributed by atoms with van der Waals surface area (Å²) in [5.74, 6) is 0.423. The second-order valence-electron chi connectivity index (χ2n) is 9.57. The van der Waals surface area contributed by atoms with E-state index in [-0.39, 0.29) is 23.5 Å². The number of ether oxygens (including phenoxy) is 1. The zero-order valence-corrected chi connectivity index (χ0v) is 20.7. The van der Waals surface area contributed by atoms with Gasteiger partial charge in [-0.05, 0) is 56.2 Å². The molecule has 1 aromatic heterocycles. The van der Waals surface area contributed by atoms with E-state index >= 15 is 0 Å². The van der Waals surface area contributed by atoms with Gasteiger partial charge in [0.1, 0.15) is 23.2 Å². The van der Waals surface area contributed by atoms with Gasteiger partial charge in [0, 0.05) is 37.0 Å². The van der Waals surface area contributed by atoms with Crippen molar-refractivity contribution >= 4 is 40.3 Å². The first-order valence-electron chi connectivity index (χ1n) is 11.7. The molecule has 6 nitrogen and oxygen atoms in total. The molecule has 3 heterocycles. The van der Waals surface area contributed by atoms with Gasteiger partial charge < -0.3 is 14.1 Å². The smallest absolute Gasteiger partial charge is 0.246 e. The Balaban J connectivity index is 1.30. The number of hydrogen-bond acceptors (Lipinski definition) is 5. The zero-order valence-electron chi connectivity index (χ0n) is 19.9. The fourth-order valence-corrected chi connectivity index (χ4v) is 5.20. The molecule has 7 heteroatoms. The minimum Gasteiger partial charge on any atom is -0.486 e. The van der Waals surface area contributed by atoms with Crippen LogP contribution in [0.25, 0.3) is 17.0 Å². The van der Waals surface area contributed by atoms with Crippen LogP contribution in [0.2, 0.25) is 5.02 Å². The van der Waals surface area contributed by atoms with Crippen molar-refractivity contribution in [2.75, 3.05) is 13.1 Å². The minimum atomic E-state index is -0.617. The van der Waals surface area contributed by atoms with Gasteiger partial charge in [-0.1, -0.05) is 23.2 Å². The summed E-state index contributed by atoms with van der Waals surface area (Å²) in [6, 6.07) is 7.26. The summed E-state index contributed by atoms with van der Waals surface area (Å²) >= 11 is 6.35. The van der Waals surface area contributed by atoms with Crippen molar-refractivity contribution in [3.05, 3.63) is 79.7 Å². The minimum absolute atomic E-state index is 0.0311. The van der Waals surface area contributed by atoms with Gasteiger partial charge in [-0.2, -0.15) is 0 Å². The maximum absolute atomic E-state index is 13.0. The fourth-order valence-electron chi connectivity index (χ4n) is 5.05. The lowest BCUT2D eigenvalue weighted by atomic mass is 9.81. The maximum atomic E-state index is 13.0. The Hall–Kier alpha value is -3.38. The quantitative estimate of drug-likeness (QED) is 0.448. The molecule has 35 heavy (non-hydrogen) atoms. The number of aryl methyl sites for hydroxylation is 2. The average Bonchev–Trinajstić information content (AvgIpc) is 2.82. The highest BCUT2D eigenvalue weighted by Crippen LogP contribution is 2.43. The first kappa shape index (κ1) is 23.4. The molecule has 2 aliphatic rings. The van der Waals surface area contributed by atoms with Crippen molar-refractivity contribution < 1.29 is 18.7 Å². The summed E-state index contributed by atoms with van der Waals surface area (Å²) in [6.45, 7) is 6.58. The number of carbonyl (C=O) groups is 2. The van der Waals surface area contributed by atoms with Crippen molar-refractivity contribution in [2.24, 2.45) is 0 Å². The SMILES string of the molecule is Cc1ccc2occ(/C=C/C(=O)N3CCC4(CC3)CC(=O)c3c(cc(C)c(Cl)c3C)O4)c(=O)c2c1. The first-order chi connectivity index (χ1) is 16.7. The number of rotatable bonds is 2. The van der Waals surface area contributed by atoms with Crippen molar-refractivity contribution in [1.82, 2.24) is 4.90 Å². The second kappa shape index (κ2) is 8.68. The number of amides is 1. The Morgan fingerprint density at radius 1 is 1.11 bits per heavy atom. The Kier molecular flexibility index (Phi) is 5.80. The highest BCUT2D eigenvalue weighted by atomic mass is 35.5. The number of Topliss-reactive ketones (excluding diaryl/α,β-unsaturated/α-hetero) is 1. The molecule has 0 atom stereocenters. The molecule has 0 radical (unpaired) electrons. The van der Waals surface area contributed by atoms with E-state index < -0.39 is 5.60 Å². The number of ketones is 1. The molecular weight excluding hydrogens is 466 g/mol. The lowest BCUT2D eigenvalue weighted by Crippen LogP contribution is -2.52. The molecule has 180 valence electrons. The Bertz CT molecular complexity index is 1460. The van der Waals surface area contributed by atoms with E-state index in [0.717, 1.165) is 16.7 Å². The van der Waals surface area contributed by atoms with Gasteiger partial charge in [0.05, 0.1) is 22.9 Å². The number of carbonyl (C=O) groups excluding carboxylic acids is 2. The molecule has 2 aliphatic heterocycles. The molecule has 0 N–H and O–H groups in total. The van der Waals surface area contributed by atoms with E-state index in [0.29, 0.717) is 58.8 Å². The molecule has 0 aliphatic carbocycles. The summed E-state index contributed by atoms with van der Waals surface area (Å²) in [5.41, 5.74) is 3.21. The van der Waals surface area contributed by atoms with E-state index in [2.05, 4.69) is 0 Å². The van der Waals surface area contributed by atoms with Gasteiger partial charge in [0.15, 0.2) is 11.2 Å². The summed E-state index contributed by atoms with van der Waals surface area (Å²) in [7, 11) is 0. The van der Waals surface area contributed by atoms with Crippen molar-refractivity contribution in [3.8, 4) is 5.75 Å². The Morgan fingerprint density at radius 2 is 1.86 bits per heavy atom. The van der Waals surface area contributed by atoms with Crippen LogP contribution in [0.5, 0.6) is 5.75 Å². The Morgan fingerprint density at radius 3 is 2.60 bits per heavy atom. The van der Waals surface area contributed by atoms with Crippen LogP contribution in [0.1, 0.15) is 51.9 Å². The highest BCUT2D eigenvalue weighted by Gasteiger charge is 2.44. The van der Waals surface area contributed by atoms with Crippen LogP contribution in [0.3, 0.4) is 0 Å². The summed E-state index contributed by atoms with van der Waals surface area (Å²) in [4.78, 5) is 40.3. The van der Waals surface area contributed by atoms with Crippen molar-refractivity contribution in [2.45, 2.75) is 45.6 Å². The predicted molar refractivity (Wildman–Crippen MR) is 135 cm³/mol. The summed E-state index contributed by atoms with van der Waals surface area (Å²) in [5, 5.41) is 1.09. The van der Waals surface area contributed by atoms with Crippen molar-refractivity contribution in [3.63, 3.8) is 0 Å². The van der Waals surface area contributed by atoms with Gasteiger partial charge in [-0.15, -0.1) is 0 Å². The molecule has 1 amide bonds. The standard InChI is InChI=1S/C28H26ClNO5/c1-16-4-6-22-20(12-16)27(33)19(15-34-22)5-7-24(32)30-10-8-28(9-11-30)14-21(31)25-18(3)26(29)17(2)13-23(25)35-28/h4-7,12-13,15H,8-11,14H2,1-3H3/b7-5+. The number of fused-ring (bicyclic) bond motifs is 2. The maximum Gasteiger partial charge on any atom is 0.246 e. The number of piperidine rings is 1. The first-order valence-corrected chi connectivity index (χ1v) is 12.1. The molecule has 0 unspecified atom stereocenters. The third kappa shape index (κ3) is 4.16. The molecule has 0 bridgehead atoms. The van der Waals surface area contributed by atoms with E-state index in [1.807, 2.05) is 32.9 Å². The summed E-state index contributed by atoms with van der Waals surface area (Å²) < 4.78 is 11.9. The van der Waals surface area contributed by atoms with Crippen LogP contribution in [0.4, 0.5) is 0 Å². The predicted octanol–water partition coefficient (Wildman–Crippen LogP) is 5.41. The lowest BCUT2D eigenvalue weighted by Gasteiger charge is -2.44. The van der Waals surface area contributed by atoms with Crippen LogP contribution in [-0.2, 0) is 4.79 Å². The molecule has 1 spiro atoms. The van der Waals surface area contributed by atoms with Crippen LogP contribution in [0, 0.1) is 20.8 Å². The van der Waals surface area contributed by atoms with E-state index in [1.54, 1.807) is 17.0 Å². The second-order valence-corrected chi connectivity index (χ2v) is 9.95. The third-order valence-electron chi connectivity index (χ3n) is 7.08. The molecular formula is C28H26ClNO5. The molecule has 1 fully saturated rings. The van der Waals surface area contributed by atoms with Gasteiger partial charge in [0.25, 0.3) is 0 Å². The molecule has 2 aromatic carbocycles. The molecule has 3 aromatic rings. The van der Waals surface area contributed by atoms with Crippen LogP contribution in [-0.4, -0.2) is 35.3 Å². The summed E-state index contributed by atoms with van der Waals surface area (Å²) in [6.07, 6.45) is 5.67. The van der Waals surface area contributed by atoms with Crippen LogP contribution < -0.4 is 10.2 Å². The zero-order chi connectivity index (χ0) is 24.9. The normalized spacial score (nSPS) is 17.1. The number of halogens is 1. The molecule has 1 saturated heterocycles. The van der Waals surface area contributed by atoms with Crippen LogP contribution >= 0.6 is 11.6 Å². The van der Waals surface area contributed by atoms with Gasteiger partial charge in [-0.3, -0.25) is 14.4 Å². The largest absolute Gasteiger partial charge is 0.486 e. The van der Waals surface area contributed by atoms with E-state index in [4.69, 9.17) is 20.8 Å². The van der Waals surface area contributed by atoms with Crippen molar-refractivity contribution in [1.29, 1.82) is 0 Å². The number of nitrogens with zero attached hydrogens (tertiary/aromatic N) is 1. The van der Waals surface area contributed by atoms with Gasteiger partial charge in [0.2, 0.25) is 5.91 Å². The van der Waals surface area contributed by atoms with E-state index in [1.165, 1.54) is 18.4 Å². The van der Waals surface area contributed by atoms with Gasteiger partial charge >= 0.3 is 0 Å². The molecule has 5 rings (SSSR count). The van der Waals surface area contributed by atoms with Crippen LogP contribution in [0.15, 0.2) is 45.8 Å². The number of hydrogen-bond donors (Lipinski definition) is 0. The number of benzene rings is 2. The third-order valence-corrected chi connectivity index (χ3v) is 7.66. The fraction of sp³-hybridized carbons (Fsp3) is 0.321. The monoisotopic (exact) mass is 491 g/mol. The Labute approximate surface area is 208 Å². The van der Waals surface area contributed by atoms with E-state index in [9.17, 15) is 14.4 Å². The number of likely N-dealkylation sites (tertiary alicyclic amines) is 1. The van der Waals surface area contributed by atoms with Gasteiger partial charge in [-0.25, -0.2) is 0 Å². The lowest BCUT2D eigenvalue weighted by molar-refractivity contribution is -0.129. The topological polar surface area (TPSA) is 76.8 Å².